The van der Waals surface area contributed by atoms with E-state index in [1.807, 2.05) is 6.07 Å². The topological polar surface area (TPSA) is 74.7 Å². The number of pyridine rings is 1. The molecule has 3 heterocycles. The van der Waals surface area contributed by atoms with Crippen LogP contribution in [0.25, 0.3) is 10.8 Å². The second kappa shape index (κ2) is 7.50. The number of rotatable bonds is 4. The molecule has 1 aromatic carbocycles. The van der Waals surface area contributed by atoms with Crippen molar-refractivity contribution < 1.29 is 14.6 Å². The summed E-state index contributed by atoms with van der Waals surface area (Å²) < 4.78 is 6.27. The maximum Gasteiger partial charge on any atom is 0.354 e. The average molecular weight is 355 g/mol. The molecule has 2 N–H and O–H groups in total. The molecule has 6 heteroatoms. The Morgan fingerprint density at radius 2 is 1.92 bits per heavy atom. The SMILES string of the molecule is O=C(O)c1cc2c(N3CCCCC3)ccc(OC3CCNCC3)c2cn1. The largest absolute Gasteiger partial charge is 0.490 e. The molecule has 1 aromatic heterocycles. The Kier molecular flexibility index (Phi) is 4.93. The van der Waals surface area contributed by atoms with Gasteiger partial charge in [0, 0.05) is 35.7 Å². The number of ether oxygens (including phenoxy) is 1. The molecule has 0 aliphatic carbocycles. The van der Waals surface area contributed by atoms with Gasteiger partial charge in [0.25, 0.3) is 0 Å². The summed E-state index contributed by atoms with van der Waals surface area (Å²) in [6, 6.07) is 5.79. The lowest BCUT2D eigenvalue weighted by atomic mass is 10.0. The van der Waals surface area contributed by atoms with Gasteiger partial charge in [-0.25, -0.2) is 9.78 Å². The zero-order valence-corrected chi connectivity index (χ0v) is 14.9. The molecule has 4 rings (SSSR count). The number of anilines is 1. The lowest BCUT2D eigenvalue weighted by Gasteiger charge is -2.31. The molecule has 2 fully saturated rings. The van der Waals surface area contributed by atoms with E-state index in [4.69, 9.17) is 4.74 Å². The van der Waals surface area contributed by atoms with Crippen molar-refractivity contribution in [1.29, 1.82) is 0 Å². The van der Waals surface area contributed by atoms with E-state index in [1.54, 1.807) is 12.3 Å². The highest BCUT2D eigenvalue weighted by molar-refractivity contribution is 6.01. The number of fused-ring (bicyclic) bond motifs is 1. The van der Waals surface area contributed by atoms with Crippen molar-refractivity contribution in [3.05, 3.63) is 30.1 Å². The van der Waals surface area contributed by atoms with E-state index in [2.05, 4.69) is 21.3 Å². The Labute approximate surface area is 153 Å². The van der Waals surface area contributed by atoms with Crippen molar-refractivity contribution >= 4 is 22.4 Å². The number of benzene rings is 1. The van der Waals surface area contributed by atoms with Gasteiger partial charge in [-0.2, -0.15) is 0 Å². The molecular formula is C20H25N3O3. The molecule has 2 aliphatic heterocycles. The fourth-order valence-corrected chi connectivity index (χ4v) is 3.92. The zero-order chi connectivity index (χ0) is 17.9. The smallest absolute Gasteiger partial charge is 0.354 e. The number of carboxylic acids is 1. The summed E-state index contributed by atoms with van der Waals surface area (Å²) in [5.41, 5.74) is 1.16. The Morgan fingerprint density at radius 3 is 2.65 bits per heavy atom. The highest BCUT2D eigenvalue weighted by atomic mass is 16.5. The molecular weight excluding hydrogens is 330 g/mol. The standard InChI is InChI=1S/C20H25N3O3/c24-20(25)17-12-15-16(13-22-17)19(26-14-6-8-21-9-7-14)5-4-18(15)23-10-2-1-3-11-23/h4-5,12-14,21H,1-3,6-11H2,(H,24,25). The van der Waals surface area contributed by atoms with Crippen LogP contribution in [0.3, 0.4) is 0 Å². The fourth-order valence-electron chi connectivity index (χ4n) is 3.92. The number of piperidine rings is 2. The van der Waals surface area contributed by atoms with E-state index >= 15 is 0 Å². The minimum atomic E-state index is -0.999. The predicted molar refractivity (Wildman–Crippen MR) is 101 cm³/mol. The minimum Gasteiger partial charge on any atom is -0.490 e. The van der Waals surface area contributed by atoms with Crippen LogP contribution < -0.4 is 15.0 Å². The van der Waals surface area contributed by atoms with Crippen molar-refractivity contribution in [2.75, 3.05) is 31.1 Å². The highest BCUT2D eigenvalue weighted by Crippen LogP contribution is 2.36. The molecule has 0 unspecified atom stereocenters. The predicted octanol–water partition coefficient (Wildman–Crippen LogP) is 3.05. The van der Waals surface area contributed by atoms with Crippen molar-refractivity contribution in [2.45, 2.75) is 38.2 Å². The van der Waals surface area contributed by atoms with Crippen LogP contribution in [0.5, 0.6) is 5.75 Å². The van der Waals surface area contributed by atoms with Crippen LogP contribution >= 0.6 is 0 Å². The molecule has 0 bridgehead atoms. The van der Waals surface area contributed by atoms with Crippen molar-refractivity contribution in [3.63, 3.8) is 0 Å². The van der Waals surface area contributed by atoms with Gasteiger partial charge in [0.2, 0.25) is 0 Å². The van der Waals surface area contributed by atoms with E-state index in [9.17, 15) is 9.90 Å². The van der Waals surface area contributed by atoms with Gasteiger partial charge in [0.1, 0.15) is 17.5 Å². The number of carboxylic acid groups (broad SMARTS) is 1. The number of nitrogens with zero attached hydrogens (tertiary/aromatic N) is 2. The molecule has 138 valence electrons. The first-order valence-electron chi connectivity index (χ1n) is 9.51. The Hall–Kier alpha value is -2.34. The molecule has 6 nitrogen and oxygen atoms in total. The van der Waals surface area contributed by atoms with Crippen LogP contribution in [0, 0.1) is 0 Å². The monoisotopic (exact) mass is 355 g/mol. The van der Waals surface area contributed by atoms with E-state index < -0.39 is 5.97 Å². The molecule has 2 aliphatic rings. The number of aromatic nitrogens is 1. The molecule has 0 saturated carbocycles. The number of aromatic carboxylic acids is 1. The quantitative estimate of drug-likeness (QED) is 0.878. The fraction of sp³-hybridized carbons (Fsp3) is 0.500. The van der Waals surface area contributed by atoms with Crippen LogP contribution in [0.1, 0.15) is 42.6 Å². The van der Waals surface area contributed by atoms with Crippen LogP contribution in [0.15, 0.2) is 24.4 Å². The van der Waals surface area contributed by atoms with Gasteiger partial charge in [-0.05, 0) is 63.4 Å². The number of nitrogens with one attached hydrogen (secondary N) is 1. The van der Waals surface area contributed by atoms with Crippen LogP contribution in [0.2, 0.25) is 0 Å². The second-order valence-electron chi connectivity index (χ2n) is 7.12. The van der Waals surface area contributed by atoms with Crippen molar-refractivity contribution in [2.24, 2.45) is 0 Å². The van der Waals surface area contributed by atoms with Crippen LogP contribution in [-0.4, -0.2) is 48.3 Å². The molecule has 0 amide bonds. The third-order valence-electron chi connectivity index (χ3n) is 5.33. The first-order valence-corrected chi connectivity index (χ1v) is 9.51. The third kappa shape index (κ3) is 3.46. The van der Waals surface area contributed by atoms with Gasteiger partial charge < -0.3 is 20.1 Å². The Bertz CT molecular complexity index is 796. The molecule has 2 saturated heterocycles. The van der Waals surface area contributed by atoms with Crippen molar-refractivity contribution in [1.82, 2.24) is 10.3 Å². The average Bonchev–Trinajstić information content (AvgIpc) is 2.69. The van der Waals surface area contributed by atoms with Crippen LogP contribution in [-0.2, 0) is 0 Å². The van der Waals surface area contributed by atoms with Crippen molar-refractivity contribution in [3.8, 4) is 5.75 Å². The molecule has 0 radical (unpaired) electrons. The van der Waals surface area contributed by atoms with E-state index in [0.29, 0.717) is 0 Å². The normalized spacial score (nSPS) is 18.8. The molecule has 2 aromatic rings. The summed E-state index contributed by atoms with van der Waals surface area (Å²) in [6.07, 6.45) is 7.42. The molecule has 26 heavy (non-hydrogen) atoms. The minimum absolute atomic E-state index is 0.0785. The summed E-state index contributed by atoms with van der Waals surface area (Å²) in [5.74, 6) is -0.196. The van der Waals surface area contributed by atoms with Gasteiger partial charge in [0.15, 0.2) is 0 Å². The lowest BCUT2D eigenvalue weighted by Crippen LogP contribution is -2.34. The number of carbonyl (C=O) groups is 1. The van der Waals surface area contributed by atoms with Gasteiger partial charge >= 0.3 is 5.97 Å². The maximum absolute atomic E-state index is 11.4. The van der Waals surface area contributed by atoms with E-state index in [-0.39, 0.29) is 11.8 Å². The van der Waals surface area contributed by atoms with Gasteiger partial charge in [-0.3, -0.25) is 0 Å². The Morgan fingerprint density at radius 1 is 1.15 bits per heavy atom. The third-order valence-corrected chi connectivity index (χ3v) is 5.33. The lowest BCUT2D eigenvalue weighted by molar-refractivity contribution is 0.0690. The van der Waals surface area contributed by atoms with Gasteiger partial charge in [-0.15, -0.1) is 0 Å². The maximum atomic E-state index is 11.4. The van der Waals surface area contributed by atoms with Gasteiger partial charge in [0.05, 0.1) is 0 Å². The number of hydrogen-bond donors (Lipinski definition) is 2. The van der Waals surface area contributed by atoms with E-state index in [1.165, 1.54) is 19.3 Å². The summed E-state index contributed by atoms with van der Waals surface area (Å²) in [7, 11) is 0. The first kappa shape index (κ1) is 17.1. The molecule has 0 atom stereocenters. The zero-order valence-electron chi connectivity index (χ0n) is 14.9. The number of hydrogen-bond acceptors (Lipinski definition) is 5. The Balaban J connectivity index is 1.75. The van der Waals surface area contributed by atoms with Crippen LogP contribution in [0.4, 0.5) is 5.69 Å². The summed E-state index contributed by atoms with van der Waals surface area (Å²) in [4.78, 5) is 17.9. The second-order valence-corrected chi connectivity index (χ2v) is 7.12. The van der Waals surface area contributed by atoms with Gasteiger partial charge in [-0.1, -0.05) is 0 Å². The van der Waals surface area contributed by atoms with E-state index in [0.717, 1.165) is 61.2 Å². The highest BCUT2D eigenvalue weighted by Gasteiger charge is 2.20. The summed E-state index contributed by atoms with van der Waals surface area (Å²) in [6.45, 7) is 3.95. The summed E-state index contributed by atoms with van der Waals surface area (Å²) in [5, 5.41) is 14.5. The first-order chi connectivity index (χ1) is 12.7. The molecule has 0 spiro atoms. The summed E-state index contributed by atoms with van der Waals surface area (Å²) >= 11 is 0.